The molecule has 0 N–H and O–H groups in total. The number of ether oxygens (including phenoxy) is 1. The SMILES string of the molecule is O=C1C2C(c3ccc4ccccc4n3)N3CCCC3(C(=O)OCc3ccccc3)C2C(=O)N1c1ccccc1. The Hall–Kier alpha value is -4.36. The lowest BCUT2D eigenvalue weighted by Gasteiger charge is -2.36. The molecule has 3 aliphatic heterocycles. The van der Waals surface area contributed by atoms with Crippen LogP contribution in [0.2, 0.25) is 0 Å². The summed E-state index contributed by atoms with van der Waals surface area (Å²) in [7, 11) is 0. The Balaban J connectivity index is 1.34. The molecule has 4 atom stereocenters. The number of imide groups is 1. The van der Waals surface area contributed by atoms with Crippen molar-refractivity contribution in [1.82, 2.24) is 9.88 Å². The number of carbonyl (C=O) groups is 3. The number of hydrogen-bond acceptors (Lipinski definition) is 6. The Kier molecular flexibility index (Phi) is 5.56. The number of esters is 1. The predicted molar refractivity (Wildman–Crippen MR) is 145 cm³/mol. The number of para-hydroxylation sites is 2. The summed E-state index contributed by atoms with van der Waals surface area (Å²) < 4.78 is 5.92. The summed E-state index contributed by atoms with van der Waals surface area (Å²) in [5.74, 6) is -2.67. The second kappa shape index (κ2) is 9.13. The Labute approximate surface area is 226 Å². The molecule has 3 aromatic carbocycles. The molecule has 3 fully saturated rings. The van der Waals surface area contributed by atoms with E-state index in [9.17, 15) is 14.4 Å². The minimum Gasteiger partial charge on any atom is -0.459 e. The normalized spacial score (nSPS) is 26.2. The van der Waals surface area contributed by atoms with Crippen LogP contribution in [0, 0.1) is 11.8 Å². The van der Waals surface area contributed by atoms with Gasteiger partial charge in [0.1, 0.15) is 12.1 Å². The van der Waals surface area contributed by atoms with Crippen LogP contribution >= 0.6 is 0 Å². The third-order valence-corrected chi connectivity index (χ3v) is 8.51. The van der Waals surface area contributed by atoms with Crippen LogP contribution in [0.15, 0.2) is 97.1 Å². The van der Waals surface area contributed by atoms with E-state index in [0.29, 0.717) is 24.3 Å². The van der Waals surface area contributed by atoms with E-state index >= 15 is 0 Å². The second-order valence-corrected chi connectivity index (χ2v) is 10.5. The van der Waals surface area contributed by atoms with Gasteiger partial charge >= 0.3 is 5.97 Å². The van der Waals surface area contributed by atoms with Gasteiger partial charge < -0.3 is 4.74 Å². The summed E-state index contributed by atoms with van der Waals surface area (Å²) in [6, 6.07) is 29.7. The van der Waals surface area contributed by atoms with Crippen molar-refractivity contribution in [2.24, 2.45) is 11.8 Å². The maximum absolute atomic E-state index is 14.2. The molecule has 0 spiro atoms. The lowest BCUT2D eigenvalue weighted by atomic mass is 9.78. The first-order valence-corrected chi connectivity index (χ1v) is 13.4. The molecule has 7 heteroatoms. The monoisotopic (exact) mass is 517 g/mol. The van der Waals surface area contributed by atoms with Crippen molar-refractivity contribution in [2.75, 3.05) is 11.4 Å². The van der Waals surface area contributed by atoms with Gasteiger partial charge in [-0.05, 0) is 42.7 Å². The van der Waals surface area contributed by atoms with Crippen molar-refractivity contribution in [3.8, 4) is 0 Å². The summed E-state index contributed by atoms with van der Waals surface area (Å²) in [6.07, 6.45) is 1.17. The molecule has 3 saturated heterocycles. The lowest BCUT2D eigenvalue weighted by Crippen LogP contribution is -2.54. The molecule has 0 bridgehead atoms. The zero-order chi connectivity index (χ0) is 26.6. The Morgan fingerprint density at radius 1 is 0.872 bits per heavy atom. The van der Waals surface area contributed by atoms with Gasteiger partial charge in [0.2, 0.25) is 11.8 Å². The fourth-order valence-corrected chi connectivity index (χ4v) is 6.90. The van der Waals surface area contributed by atoms with E-state index in [1.165, 1.54) is 4.90 Å². The highest BCUT2D eigenvalue weighted by molar-refractivity contribution is 6.24. The first-order valence-electron chi connectivity index (χ1n) is 13.4. The van der Waals surface area contributed by atoms with Gasteiger partial charge in [-0.1, -0.05) is 72.8 Å². The van der Waals surface area contributed by atoms with Gasteiger partial charge in [-0.3, -0.25) is 24.3 Å². The molecule has 7 nitrogen and oxygen atoms in total. The van der Waals surface area contributed by atoms with Gasteiger partial charge in [-0.25, -0.2) is 4.90 Å². The van der Waals surface area contributed by atoms with Crippen molar-refractivity contribution in [3.63, 3.8) is 0 Å². The molecule has 194 valence electrons. The van der Waals surface area contributed by atoms with E-state index in [0.717, 1.165) is 22.9 Å². The predicted octanol–water partition coefficient (Wildman–Crippen LogP) is 4.67. The van der Waals surface area contributed by atoms with Gasteiger partial charge in [0, 0.05) is 11.9 Å². The molecule has 4 aromatic rings. The third kappa shape index (κ3) is 3.53. The summed E-state index contributed by atoms with van der Waals surface area (Å²) in [5, 5.41) is 0.991. The first-order chi connectivity index (χ1) is 19.1. The fraction of sp³-hybridized carbons (Fsp3) is 0.250. The number of benzene rings is 3. The number of anilines is 1. The minimum absolute atomic E-state index is 0.107. The van der Waals surface area contributed by atoms with Crippen molar-refractivity contribution in [1.29, 1.82) is 0 Å². The molecular weight excluding hydrogens is 490 g/mol. The Bertz CT molecular complexity index is 1590. The third-order valence-electron chi connectivity index (χ3n) is 8.51. The van der Waals surface area contributed by atoms with Crippen LogP contribution in [0.5, 0.6) is 0 Å². The average molecular weight is 518 g/mol. The van der Waals surface area contributed by atoms with Crippen LogP contribution in [0.25, 0.3) is 10.9 Å². The van der Waals surface area contributed by atoms with Gasteiger partial charge in [0.25, 0.3) is 0 Å². The second-order valence-electron chi connectivity index (χ2n) is 10.5. The lowest BCUT2D eigenvalue weighted by molar-refractivity contribution is -0.161. The van der Waals surface area contributed by atoms with Crippen molar-refractivity contribution in [3.05, 3.63) is 108 Å². The van der Waals surface area contributed by atoms with Crippen molar-refractivity contribution >= 4 is 34.4 Å². The van der Waals surface area contributed by atoms with E-state index in [1.807, 2.05) is 77.7 Å². The van der Waals surface area contributed by atoms with Gasteiger partial charge in [0.15, 0.2) is 0 Å². The molecule has 0 aliphatic carbocycles. The number of nitrogens with zero attached hydrogens (tertiary/aromatic N) is 3. The van der Waals surface area contributed by atoms with E-state index in [1.54, 1.807) is 24.3 Å². The van der Waals surface area contributed by atoms with Crippen LogP contribution < -0.4 is 4.90 Å². The van der Waals surface area contributed by atoms with Crippen molar-refractivity contribution in [2.45, 2.75) is 31.0 Å². The molecule has 0 saturated carbocycles. The van der Waals surface area contributed by atoms with Crippen molar-refractivity contribution < 1.29 is 19.1 Å². The van der Waals surface area contributed by atoms with Crippen LogP contribution in [-0.2, 0) is 25.7 Å². The quantitative estimate of drug-likeness (QED) is 0.283. The van der Waals surface area contributed by atoms with Gasteiger partial charge in [-0.2, -0.15) is 0 Å². The fourth-order valence-electron chi connectivity index (χ4n) is 6.90. The summed E-state index contributed by atoms with van der Waals surface area (Å²) in [6.45, 7) is 0.689. The largest absolute Gasteiger partial charge is 0.459 e. The number of pyridine rings is 1. The van der Waals surface area contributed by atoms with Crippen LogP contribution in [0.1, 0.15) is 30.1 Å². The van der Waals surface area contributed by atoms with Gasteiger partial charge in [0.05, 0.1) is 34.8 Å². The Morgan fingerprint density at radius 2 is 1.59 bits per heavy atom. The molecular formula is C32H27N3O4. The number of hydrogen-bond donors (Lipinski definition) is 0. The molecule has 4 unspecified atom stereocenters. The summed E-state index contributed by atoms with van der Waals surface area (Å²) in [5.41, 5.74) is 1.66. The highest BCUT2D eigenvalue weighted by Gasteiger charge is 2.74. The molecule has 0 radical (unpaired) electrons. The number of aromatic nitrogens is 1. The molecule has 3 aliphatic rings. The zero-order valence-electron chi connectivity index (χ0n) is 21.3. The van der Waals surface area contributed by atoms with Gasteiger partial charge in [-0.15, -0.1) is 0 Å². The van der Waals surface area contributed by atoms with Crippen LogP contribution in [0.4, 0.5) is 5.69 Å². The number of rotatable bonds is 5. The number of carbonyl (C=O) groups excluding carboxylic acids is 3. The van der Waals surface area contributed by atoms with E-state index in [2.05, 4.69) is 0 Å². The maximum Gasteiger partial charge on any atom is 0.327 e. The minimum atomic E-state index is -1.23. The van der Waals surface area contributed by atoms with E-state index < -0.39 is 29.4 Å². The topological polar surface area (TPSA) is 79.8 Å². The van der Waals surface area contributed by atoms with Crippen LogP contribution in [-0.4, -0.2) is 39.8 Å². The molecule has 7 rings (SSSR count). The smallest absolute Gasteiger partial charge is 0.327 e. The standard InChI is InChI=1S/C32H27N3O4/c36-29-26-27(30(37)35(29)23-13-5-2-6-14-23)32(31(38)39-20-21-10-3-1-4-11-21)18-9-19-34(32)28(26)25-17-16-22-12-7-8-15-24(22)33-25/h1-8,10-17,26-28H,9,18-20H2. The average Bonchev–Trinajstić information content (AvgIpc) is 3.61. The first kappa shape index (κ1) is 23.7. The van der Waals surface area contributed by atoms with E-state index in [-0.39, 0.29) is 18.4 Å². The highest BCUT2D eigenvalue weighted by atomic mass is 16.5. The number of fused-ring (bicyclic) bond motifs is 4. The molecule has 2 amide bonds. The molecule has 39 heavy (non-hydrogen) atoms. The zero-order valence-corrected chi connectivity index (χ0v) is 21.3. The summed E-state index contributed by atoms with van der Waals surface area (Å²) >= 11 is 0. The Morgan fingerprint density at radius 3 is 2.38 bits per heavy atom. The van der Waals surface area contributed by atoms with Crippen LogP contribution in [0.3, 0.4) is 0 Å². The molecule has 4 heterocycles. The maximum atomic E-state index is 14.2. The summed E-state index contributed by atoms with van der Waals surface area (Å²) in [4.78, 5) is 50.6. The molecule has 1 aromatic heterocycles. The van der Waals surface area contributed by atoms with E-state index in [4.69, 9.17) is 9.72 Å². The number of amides is 2. The highest BCUT2D eigenvalue weighted by Crippen LogP contribution is 2.59.